The van der Waals surface area contributed by atoms with Crippen LogP contribution in [0.1, 0.15) is 68.2 Å². The lowest BCUT2D eigenvalue weighted by molar-refractivity contribution is -0.0372. The van der Waals surface area contributed by atoms with Crippen LogP contribution in [0.25, 0.3) is 0 Å². The van der Waals surface area contributed by atoms with Crippen molar-refractivity contribution in [2.24, 2.45) is 0 Å². The van der Waals surface area contributed by atoms with E-state index in [1.165, 1.54) is 0 Å². The number of hydrogen-bond acceptors (Lipinski definition) is 4. The predicted molar refractivity (Wildman–Crippen MR) is 112 cm³/mol. The summed E-state index contributed by atoms with van der Waals surface area (Å²) in [5, 5.41) is 0. The van der Waals surface area contributed by atoms with Crippen molar-refractivity contribution in [2.45, 2.75) is 109 Å². The van der Waals surface area contributed by atoms with Crippen molar-refractivity contribution in [3.8, 4) is 0 Å². The van der Waals surface area contributed by atoms with Crippen LogP contribution in [0.5, 0.6) is 0 Å². The third-order valence-corrected chi connectivity index (χ3v) is 16.3. The largest absolute Gasteiger partial charge is 0.414 e. The molecule has 2 aliphatic rings. The van der Waals surface area contributed by atoms with Gasteiger partial charge in [0.15, 0.2) is 0 Å². The monoisotopic (exact) mass is 400 g/mol. The first-order valence-electron chi connectivity index (χ1n) is 10.4. The molecule has 2 fully saturated rings. The van der Waals surface area contributed by atoms with Crippen molar-refractivity contribution < 1.29 is 17.7 Å². The first-order chi connectivity index (χ1) is 12.1. The SMILES string of the molecule is C=CC[C@@H]1C[C@@H]2O[Si](C(C)C)(C(C)C)O[Si](C(C)C)(C(C)C)OC[C@H]2O1. The third kappa shape index (κ3) is 4.05. The first kappa shape index (κ1) is 22.3. The number of rotatable bonds is 6. The highest BCUT2D eigenvalue weighted by Gasteiger charge is 2.59. The summed E-state index contributed by atoms with van der Waals surface area (Å²) in [4.78, 5) is 0. The molecule has 6 heteroatoms. The van der Waals surface area contributed by atoms with Gasteiger partial charge in [-0.15, -0.1) is 6.58 Å². The van der Waals surface area contributed by atoms with Gasteiger partial charge in [0.25, 0.3) is 0 Å². The zero-order valence-electron chi connectivity index (χ0n) is 18.1. The molecule has 0 saturated carbocycles. The van der Waals surface area contributed by atoms with E-state index in [0.29, 0.717) is 28.8 Å². The maximum atomic E-state index is 7.17. The highest BCUT2D eigenvalue weighted by atomic mass is 28.5. The van der Waals surface area contributed by atoms with Crippen molar-refractivity contribution in [3.63, 3.8) is 0 Å². The molecule has 2 rings (SSSR count). The Kier molecular flexibility index (Phi) is 7.36. The van der Waals surface area contributed by atoms with E-state index in [4.69, 9.17) is 17.7 Å². The van der Waals surface area contributed by atoms with Crippen molar-refractivity contribution in [3.05, 3.63) is 12.7 Å². The summed E-state index contributed by atoms with van der Waals surface area (Å²) in [5.41, 5.74) is 1.48. The van der Waals surface area contributed by atoms with E-state index in [2.05, 4.69) is 62.0 Å². The fourth-order valence-corrected chi connectivity index (χ4v) is 15.8. The Balaban J connectivity index is 2.45. The lowest BCUT2D eigenvalue weighted by Crippen LogP contribution is -2.65. The Labute approximate surface area is 163 Å². The normalized spacial score (nSPS) is 31.3. The Morgan fingerprint density at radius 1 is 0.885 bits per heavy atom. The van der Waals surface area contributed by atoms with Gasteiger partial charge < -0.3 is 17.7 Å². The minimum absolute atomic E-state index is 0.0117. The predicted octanol–water partition coefficient (Wildman–Crippen LogP) is 5.68. The minimum Gasteiger partial charge on any atom is -0.414 e. The van der Waals surface area contributed by atoms with E-state index in [9.17, 15) is 0 Å². The Bertz CT molecular complexity index is 462. The smallest absolute Gasteiger partial charge is 0.335 e. The van der Waals surface area contributed by atoms with E-state index in [-0.39, 0.29) is 18.3 Å². The molecule has 2 saturated heterocycles. The Morgan fingerprint density at radius 3 is 1.88 bits per heavy atom. The van der Waals surface area contributed by atoms with Crippen LogP contribution in [0.4, 0.5) is 0 Å². The van der Waals surface area contributed by atoms with Crippen LogP contribution in [-0.4, -0.2) is 42.0 Å². The van der Waals surface area contributed by atoms with Gasteiger partial charge in [-0.1, -0.05) is 61.5 Å². The topological polar surface area (TPSA) is 36.9 Å². The Morgan fingerprint density at radius 2 is 1.42 bits per heavy atom. The quantitative estimate of drug-likeness (QED) is 0.425. The summed E-state index contributed by atoms with van der Waals surface area (Å²) in [6, 6.07) is 0. The summed E-state index contributed by atoms with van der Waals surface area (Å²) in [7, 11) is -4.93. The lowest BCUT2D eigenvalue weighted by Gasteiger charge is -2.51. The van der Waals surface area contributed by atoms with Crippen LogP contribution < -0.4 is 0 Å². The van der Waals surface area contributed by atoms with Crippen molar-refractivity contribution in [1.29, 1.82) is 0 Å². The molecule has 152 valence electrons. The third-order valence-electron chi connectivity index (χ3n) is 6.05. The molecular weight excluding hydrogens is 360 g/mol. The molecule has 2 heterocycles. The summed E-state index contributed by atoms with van der Waals surface area (Å²) < 4.78 is 27.2. The molecule has 0 radical (unpaired) electrons. The van der Waals surface area contributed by atoms with Crippen LogP contribution in [0, 0.1) is 0 Å². The molecule has 0 aromatic rings. The molecule has 0 aromatic heterocycles. The fraction of sp³-hybridized carbons (Fsp3) is 0.900. The highest BCUT2D eigenvalue weighted by molar-refractivity contribution is 6.83. The van der Waals surface area contributed by atoms with Crippen LogP contribution in [0.2, 0.25) is 22.2 Å². The maximum absolute atomic E-state index is 7.17. The summed E-state index contributed by atoms with van der Waals surface area (Å²) >= 11 is 0. The average Bonchev–Trinajstić information content (AvgIpc) is 2.88. The second-order valence-electron chi connectivity index (χ2n) is 9.19. The van der Waals surface area contributed by atoms with E-state index >= 15 is 0 Å². The second-order valence-corrected chi connectivity index (χ2v) is 18.0. The molecule has 26 heavy (non-hydrogen) atoms. The van der Waals surface area contributed by atoms with Crippen LogP contribution >= 0.6 is 0 Å². The lowest BCUT2D eigenvalue weighted by atomic mass is 10.1. The number of ether oxygens (including phenoxy) is 1. The van der Waals surface area contributed by atoms with Gasteiger partial charge >= 0.3 is 17.1 Å². The summed E-state index contributed by atoms with van der Waals surface area (Å²) in [5.74, 6) is 0. The van der Waals surface area contributed by atoms with Gasteiger partial charge in [-0.3, -0.25) is 0 Å². The second kappa shape index (κ2) is 8.58. The fourth-order valence-electron chi connectivity index (χ4n) is 4.57. The minimum atomic E-state index is -2.49. The van der Waals surface area contributed by atoms with Crippen LogP contribution in [0.3, 0.4) is 0 Å². The molecule has 0 unspecified atom stereocenters. The van der Waals surface area contributed by atoms with Gasteiger partial charge in [0.2, 0.25) is 0 Å². The molecule has 0 aliphatic carbocycles. The zero-order valence-corrected chi connectivity index (χ0v) is 20.1. The number of fused-ring (bicyclic) bond motifs is 1. The van der Waals surface area contributed by atoms with Gasteiger partial charge in [0.05, 0.1) is 18.8 Å². The Hall–Kier alpha value is 0.0138. The van der Waals surface area contributed by atoms with E-state index in [1.54, 1.807) is 0 Å². The summed E-state index contributed by atoms with van der Waals surface area (Å²) in [6.45, 7) is 22.5. The molecule has 0 N–H and O–H groups in total. The molecular formula is C20H40O4Si2. The molecule has 0 amide bonds. The molecule has 2 aliphatic heterocycles. The van der Waals surface area contributed by atoms with Gasteiger partial charge in [-0.05, 0) is 28.6 Å². The molecule has 0 aromatic carbocycles. The van der Waals surface area contributed by atoms with E-state index in [0.717, 1.165) is 12.8 Å². The molecule has 3 atom stereocenters. The van der Waals surface area contributed by atoms with Gasteiger partial charge in [-0.2, -0.15) is 0 Å². The van der Waals surface area contributed by atoms with Gasteiger partial charge in [-0.25, -0.2) is 0 Å². The van der Waals surface area contributed by atoms with Gasteiger partial charge in [0.1, 0.15) is 6.10 Å². The number of hydrogen-bond donors (Lipinski definition) is 0. The van der Waals surface area contributed by atoms with Crippen LogP contribution in [0.15, 0.2) is 12.7 Å². The average molecular weight is 401 g/mol. The highest BCUT2D eigenvalue weighted by Crippen LogP contribution is 2.47. The van der Waals surface area contributed by atoms with Crippen molar-refractivity contribution in [1.82, 2.24) is 0 Å². The maximum Gasteiger partial charge on any atom is 0.335 e. The molecule has 4 nitrogen and oxygen atoms in total. The van der Waals surface area contributed by atoms with Crippen molar-refractivity contribution in [2.75, 3.05) is 6.61 Å². The van der Waals surface area contributed by atoms with Crippen molar-refractivity contribution >= 4 is 17.1 Å². The zero-order chi connectivity index (χ0) is 19.7. The van der Waals surface area contributed by atoms with E-state index in [1.807, 2.05) is 6.08 Å². The first-order valence-corrected chi connectivity index (χ1v) is 14.3. The molecule has 0 bridgehead atoms. The molecule has 0 spiro atoms. The van der Waals surface area contributed by atoms with Crippen LogP contribution in [-0.2, 0) is 17.7 Å². The van der Waals surface area contributed by atoms with Gasteiger partial charge in [0, 0.05) is 6.42 Å². The summed E-state index contributed by atoms with van der Waals surface area (Å²) in [6.07, 6.45) is 3.99. The standard InChI is InChI=1S/C20H40O4Si2/c1-10-11-18-12-19-20(22-18)13-21-25(14(2)3,15(4)5)24-26(23-19,16(6)7)17(8)9/h10,14-20H,1,11-13H2,2-9H3/t18-,19+,20-/m1/s1. The van der Waals surface area contributed by atoms with E-state index < -0.39 is 17.1 Å².